The van der Waals surface area contributed by atoms with Crippen molar-refractivity contribution in [1.82, 2.24) is 0 Å². The number of unbranched alkanes of at least 4 members (excludes halogenated alkanes) is 8. The second-order valence-electron chi connectivity index (χ2n) is 13.8. The van der Waals surface area contributed by atoms with Crippen LogP contribution in [0, 0.1) is 0 Å². The van der Waals surface area contributed by atoms with Crippen LogP contribution in [0.15, 0.2) is 48.0 Å². The van der Waals surface area contributed by atoms with Crippen LogP contribution in [0.4, 0.5) is 0 Å². The predicted octanol–water partition coefficient (Wildman–Crippen LogP) is 14.9. The standard InChI is InChI=1S/C37H54N2.2C4H9.Ni/c1-6-11-16-21-33-28-36(34-24-29(17-12-7-2)22-30(25-34)18-13-8-3)39(38)37(33)35-26-31(19-14-9-4)23-32(27-35)20-15-10-5;2*1-3-4-2;/h22-28H,6-21H2,1-5H3;2*1,3-4H2,2H3;. The Morgan fingerprint density at radius 2 is 0.854 bits per heavy atom. The van der Waals surface area contributed by atoms with E-state index in [-0.39, 0.29) is 0 Å². The van der Waals surface area contributed by atoms with Crippen molar-refractivity contribution in [2.75, 3.05) is 0 Å². The molecule has 0 amide bonds. The van der Waals surface area contributed by atoms with Gasteiger partial charge < -0.3 is 5.53 Å². The van der Waals surface area contributed by atoms with E-state index in [0.29, 0.717) is 0 Å². The Balaban J connectivity index is 0.000000778. The molecule has 1 aliphatic heterocycles. The zero-order chi connectivity index (χ0) is 35.0. The van der Waals surface area contributed by atoms with Gasteiger partial charge >= 0.3 is 64.8 Å². The van der Waals surface area contributed by atoms with E-state index in [1.54, 1.807) is 0 Å². The Labute approximate surface area is 304 Å². The molecule has 1 heterocycles. The maximum absolute atomic E-state index is 11.9. The Morgan fingerprint density at radius 3 is 1.25 bits per heavy atom. The molecule has 272 valence electrons. The number of nitrogens with zero attached hydrogens (tertiary/aromatic N) is 2. The van der Waals surface area contributed by atoms with Gasteiger partial charge in [0, 0.05) is 22.8 Å². The third-order valence-electron chi connectivity index (χ3n) is 9.21. The van der Waals surface area contributed by atoms with Gasteiger partial charge in [-0.1, -0.05) is 85.3 Å². The van der Waals surface area contributed by atoms with Crippen LogP contribution in [0.5, 0.6) is 0 Å². The maximum atomic E-state index is 11.9. The van der Waals surface area contributed by atoms with Crippen LogP contribution in [0.2, 0.25) is 10.8 Å². The Kier molecular flexibility index (Phi) is 22.8. The Bertz CT molecular complexity index is 1200. The van der Waals surface area contributed by atoms with Crippen LogP contribution in [0.3, 0.4) is 0 Å². The quantitative estimate of drug-likeness (QED) is 0.0592. The summed E-state index contributed by atoms with van der Waals surface area (Å²) in [5, 5.41) is 2.78. The van der Waals surface area contributed by atoms with Crippen LogP contribution in [-0.4, -0.2) is 4.70 Å². The molecule has 0 unspecified atom stereocenters. The molecular weight excluding hydrogens is 627 g/mol. The van der Waals surface area contributed by atoms with Crippen LogP contribution < -0.4 is 0 Å². The molecule has 0 aromatic heterocycles. The molecule has 2 aromatic carbocycles. The van der Waals surface area contributed by atoms with Crippen molar-refractivity contribution in [1.29, 1.82) is 0 Å². The van der Waals surface area contributed by atoms with Gasteiger partial charge in [-0.25, -0.2) is 4.70 Å². The SMILES string of the molecule is CCCCCC1=C(c2cc(CCCC)cc(CCCC)c2)[N+](=[N-])C(c2cc(CCCC)cc(CCCC)c2)=C1.CCC[CH2][Ni][CH2]CCC. The van der Waals surface area contributed by atoms with Gasteiger partial charge in [0.2, 0.25) is 11.4 Å². The fourth-order valence-corrected chi connectivity index (χ4v) is 7.63. The zero-order valence-corrected chi connectivity index (χ0v) is 33.3. The molecule has 0 saturated carbocycles. The number of rotatable bonds is 24. The minimum atomic E-state index is 0.946. The number of aryl methyl sites for hydroxylation is 4. The summed E-state index contributed by atoms with van der Waals surface area (Å²) in [4.78, 5) is 0. The first-order valence-corrected chi connectivity index (χ1v) is 21.5. The van der Waals surface area contributed by atoms with Gasteiger partial charge in [-0.3, -0.25) is 0 Å². The van der Waals surface area contributed by atoms with Gasteiger partial charge in [-0.2, -0.15) is 0 Å². The third-order valence-corrected chi connectivity index (χ3v) is 10.6. The number of benzene rings is 2. The van der Waals surface area contributed by atoms with Crippen LogP contribution in [0.1, 0.15) is 185 Å². The average Bonchev–Trinajstić information content (AvgIpc) is 3.43. The molecule has 1 aliphatic rings. The molecule has 0 radical (unpaired) electrons. The molecule has 0 spiro atoms. The normalized spacial score (nSPS) is 12.9. The molecule has 48 heavy (non-hydrogen) atoms. The summed E-state index contributed by atoms with van der Waals surface area (Å²) in [6.45, 7) is 15.8. The molecule has 0 aliphatic carbocycles. The summed E-state index contributed by atoms with van der Waals surface area (Å²) in [7, 11) is 0. The summed E-state index contributed by atoms with van der Waals surface area (Å²) >= 11 is 1.94. The van der Waals surface area contributed by atoms with Crippen molar-refractivity contribution in [3.05, 3.63) is 87.0 Å². The van der Waals surface area contributed by atoms with E-state index in [1.807, 2.05) is 14.4 Å². The molecule has 0 bridgehead atoms. The molecule has 3 heteroatoms. The monoisotopic (exact) mass is 699 g/mol. The fourth-order valence-electron chi connectivity index (χ4n) is 6.19. The molecule has 0 saturated heterocycles. The molecule has 0 atom stereocenters. The van der Waals surface area contributed by atoms with Crippen molar-refractivity contribution in [2.24, 2.45) is 0 Å². The summed E-state index contributed by atoms with van der Waals surface area (Å²) in [6, 6.07) is 14.2. The average molecular weight is 700 g/mol. The van der Waals surface area contributed by atoms with E-state index < -0.39 is 0 Å². The second kappa shape index (κ2) is 25.9. The summed E-state index contributed by atoms with van der Waals surface area (Å²) < 4.78 is 1.53. The van der Waals surface area contributed by atoms with E-state index >= 15 is 0 Å². The van der Waals surface area contributed by atoms with Crippen molar-refractivity contribution in [3.8, 4) is 0 Å². The molecule has 3 rings (SSSR count). The van der Waals surface area contributed by atoms with Gasteiger partial charge in [-0.15, -0.1) is 0 Å². The minimum absolute atomic E-state index is 0.946. The Morgan fingerprint density at radius 1 is 0.458 bits per heavy atom. The first-order chi connectivity index (χ1) is 23.5. The Hall–Kier alpha value is -1.99. The predicted molar refractivity (Wildman–Crippen MR) is 209 cm³/mol. The van der Waals surface area contributed by atoms with Gasteiger partial charge in [0.05, 0.1) is 0 Å². The van der Waals surface area contributed by atoms with E-state index in [4.69, 9.17) is 0 Å². The zero-order valence-electron chi connectivity index (χ0n) is 32.3. The number of hydrogen-bond acceptors (Lipinski definition) is 0. The van der Waals surface area contributed by atoms with Crippen molar-refractivity contribution >= 4 is 11.4 Å². The van der Waals surface area contributed by atoms with E-state index in [0.717, 1.165) is 55.5 Å². The second-order valence-corrected chi connectivity index (χ2v) is 15.3. The van der Waals surface area contributed by atoms with Crippen molar-refractivity contribution < 1.29 is 19.1 Å². The van der Waals surface area contributed by atoms with Gasteiger partial charge in [0.1, 0.15) is 0 Å². The van der Waals surface area contributed by atoms with Crippen LogP contribution >= 0.6 is 0 Å². The van der Waals surface area contributed by atoms with Gasteiger partial charge in [-0.05, 0) is 111 Å². The van der Waals surface area contributed by atoms with Crippen LogP contribution in [-0.2, 0) is 40.1 Å². The molecule has 2 nitrogen and oxygen atoms in total. The topological polar surface area (TPSA) is 25.3 Å². The molecular formula is C45H72N2Ni. The molecule has 0 fully saturated rings. The summed E-state index contributed by atoms with van der Waals surface area (Å²) in [5.41, 5.74) is 23.1. The van der Waals surface area contributed by atoms with Crippen molar-refractivity contribution in [3.63, 3.8) is 0 Å². The molecule has 0 N–H and O–H groups in total. The number of hydrogen-bond donors (Lipinski definition) is 0. The number of allylic oxidation sites excluding steroid dienone is 2. The molecule has 2 aromatic rings. The van der Waals surface area contributed by atoms with Crippen LogP contribution in [0.25, 0.3) is 16.9 Å². The third kappa shape index (κ3) is 15.3. The van der Waals surface area contributed by atoms with Gasteiger partial charge in [0.25, 0.3) is 0 Å². The fraction of sp³-hybridized carbons (Fsp3) is 0.644. The van der Waals surface area contributed by atoms with E-state index in [9.17, 15) is 5.53 Å². The van der Waals surface area contributed by atoms with E-state index in [1.165, 1.54) is 139 Å². The first-order valence-electron chi connectivity index (χ1n) is 20.1. The summed E-state index contributed by atoms with van der Waals surface area (Å²) in [6.07, 6.45) is 26.4. The van der Waals surface area contributed by atoms with Crippen molar-refractivity contribution in [2.45, 2.75) is 188 Å². The first kappa shape index (κ1) is 42.2. The van der Waals surface area contributed by atoms with Gasteiger partial charge in [0.15, 0.2) is 0 Å². The van der Waals surface area contributed by atoms with E-state index in [2.05, 4.69) is 90.9 Å². The summed E-state index contributed by atoms with van der Waals surface area (Å²) in [5.74, 6) is 0.